The van der Waals surface area contributed by atoms with Gasteiger partial charge in [0.2, 0.25) is 5.56 Å². The average Bonchev–Trinajstić information content (AvgIpc) is 2.99. The summed E-state index contributed by atoms with van der Waals surface area (Å²) in [7, 11) is 0. The molecule has 0 fully saturated rings. The Kier molecular flexibility index (Phi) is 7.55. The van der Waals surface area contributed by atoms with Crippen LogP contribution in [0.25, 0.3) is 0 Å². The standard InChI is InChI=1S/C18H26N4OS/c1-3-19-18(21-14-16-10-9-15(2)24-16)20-11-5-7-13-22-12-6-4-8-17(22)23/h4,6,8-10,12H,3,5,7,11,13-14H2,1-2H3,(H2,19,20,21). The molecule has 2 aromatic rings. The lowest BCUT2D eigenvalue weighted by Crippen LogP contribution is -2.37. The van der Waals surface area contributed by atoms with Crippen molar-refractivity contribution in [2.45, 2.75) is 39.8 Å². The summed E-state index contributed by atoms with van der Waals surface area (Å²) >= 11 is 1.78. The number of nitrogens with zero attached hydrogens (tertiary/aromatic N) is 2. The molecule has 2 aromatic heterocycles. The first-order valence-electron chi connectivity index (χ1n) is 8.42. The number of unbranched alkanes of at least 4 members (excludes halogenated alkanes) is 1. The van der Waals surface area contributed by atoms with Gasteiger partial charge in [-0.3, -0.25) is 4.79 Å². The lowest BCUT2D eigenvalue weighted by Gasteiger charge is -2.11. The minimum Gasteiger partial charge on any atom is -0.357 e. The van der Waals surface area contributed by atoms with Crippen LogP contribution in [0.5, 0.6) is 0 Å². The monoisotopic (exact) mass is 346 g/mol. The largest absolute Gasteiger partial charge is 0.357 e. The Hall–Kier alpha value is -2.08. The molecule has 0 aliphatic rings. The van der Waals surface area contributed by atoms with Crippen molar-refractivity contribution in [3.63, 3.8) is 0 Å². The van der Waals surface area contributed by atoms with Gasteiger partial charge in [0.1, 0.15) is 0 Å². The second-order valence-electron chi connectivity index (χ2n) is 5.57. The molecule has 2 rings (SSSR count). The van der Waals surface area contributed by atoms with Gasteiger partial charge >= 0.3 is 0 Å². The van der Waals surface area contributed by atoms with E-state index in [9.17, 15) is 4.79 Å². The van der Waals surface area contributed by atoms with Crippen LogP contribution in [-0.4, -0.2) is 23.6 Å². The van der Waals surface area contributed by atoms with Gasteiger partial charge in [0.05, 0.1) is 6.54 Å². The fraction of sp³-hybridized carbons (Fsp3) is 0.444. The van der Waals surface area contributed by atoms with Crippen molar-refractivity contribution >= 4 is 17.3 Å². The summed E-state index contributed by atoms with van der Waals surface area (Å²) in [5.41, 5.74) is 0.0617. The maximum absolute atomic E-state index is 11.6. The fourth-order valence-electron chi connectivity index (χ4n) is 2.33. The molecule has 5 nitrogen and oxygen atoms in total. The van der Waals surface area contributed by atoms with Crippen LogP contribution in [0.15, 0.2) is 46.3 Å². The Morgan fingerprint density at radius 2 is 2.08 bits per heavy atom. The van der Waals surface area contributed by atoms with E-state index in [1.807, 2.05) is 12.3 Å². The molecule has 0 aliphatic carbocycles. The molecule has 0 spiro atoms. The van der Waals surface area contributed by atoms with Crippen molar-refractivity contribution in [2.75, 3.05) is 13.1 Å². The Bertz CT molecular complexity index is 705. The lowest BCUT2D eigenvalue weighted by molar-refractivity contribution is 0.585. The van der Waals surface area contributed by atoms with Crippen LogP contribution in [0.1, 0.15) is 29.5 Å². The minimum atomic E-state index is 0.0617. The SMILES string of the molecule is CCNC(=NCc1ccc(C)s1)NCCCCn1ccccc1=O. The molecule has 0 saturated carbocycles. The van der Waals surface area contributed by atoms with E-state index in [2.05, 4.69) is 41.6 Å². The van der Waals surface area contributed by atoms with Gasteiger partial charge < -0.3 is 15.2 Å². The fourth-order valence-corrected chi connectivity index (χ4v) is 3.14. The predicted octanol–water partition coefficient (Wildman–Crippen LogP) is 2.75. The number of hydrogen-bond donors (Lipinski definition) is 2. The van der Waals surface area contributed by atoms with E-state index in [0.717, 1.165) is 38.4 Å². The van der Waals surface area contributed by atoms with E-state index >= 15 is 0 Å². The first-order chi connectivity index (χ1) is 11.7. The molecule has 0 aliphatic heterocycles. The average molecular weight is 346 g/mol. The smallest absolute Gasteiger partial charge is 0.250 e. The predicted molar refractivity (Wildman–Crippen MR) is 102 cm³/mol. The van der Waals surface area contributed by atoms with Gasteiger partial charge in [-0.1, -0.05) is 6.07 Å². The van der Waals surface area contributed by atoms with Gasteiger partial charge in [0, 0.05) is 41.7 Å². The number of thiophene rings is 1. The van der Waals surface area contributed by atoms with Crippen molar-refractivity contribution < 1.29 is 0 Å². The third kappa shape index (κ3) is 6.20. The molecule has 0 radical (unpaired) electrons. The van der Waals surface area contributed by atoms with E-state index in [4.69, 9.17) is 0 Å². The van der Waals surface area contributed by atoms with Gasteiger partial charge in [-0.05, 0) is 44.9 Å². The number of guanidine groups is 1. The Morgan fingerprint density at radius 1 is 1.21 bits per heavy atom. The van der Waals surface area contributed by atoms with Crippen LogP contribution >= 0.6 is 11.3 Å². The summed E-state index contributed by atoms with van der Waals surface area (Å²) in [5.74, 6) is 0.848. The number of aromatic nitrogens is 1. The first-order valence-corrected chi connectivity index (χ1v) is 9.23. The van der Waals surface area contributed by atoms with Crippen molar-refractivity contribution in [1.82, 2.24) is 15.2 Å². The van der Waals surface area contributed by atoms with Gasteiger partial charge in [-0.25, -0.2) is 4.99 Å². The summed E-state index contributed by atoms with van der Waals surface area (Å²) in [6, 6.07) is 9.52. The van der Waals surface area contributed by atoms with E-state index in [0.29, 0.717) is 6.54 Å². The molecule has 0 bridgehead atoms. The van der Waals surface area contributed by atoms with Gasteiger partial charge in [0.15, 0.2) is 5.96 Å². The number of nitrogens with one attached hydrogen (secondary N) is 2. The number of hydrogen-bond acceptors (Lipinski definition) is 3. The van der Waals surface area contributed by atoms with Crippen LogP contribution in [0.2, 0.25) is 0 Å². The minimum absolute atomic E-state index is 0.0617. The van der Waals surface area contributed by atoms with Gasteiger partial charge in [-0.15, -0.1) is 11.3 Å². The molecule has 24 heavy (non-hydrogen) atoms. The highest BCUT2D eigenvalue weighted by Gasteiger charge is 2.00. The molecule has 0 amide bonds. The molecule has 2 heterocycles. The van der Waals surface area contributed by atoms with Crippen LogP contribution in [-0.2, 0) is 13.1 Å². The van der Waals surface area contributed by atoms with E-state index in [1.54, 1.807) is 28.0 Å². The molecule has 0 unspecified atom stereocenters. The third-order valence-electron chi connectivity index (χ3n) is 3.55. The number of pyridine rings is 1. The second-order valence-corrected chi connectivity index (χ2v) is 6.95. The van der Waals surface area contributed by atoms with Crippen molar-refractivity contribution in [1.29, 1.82) is 0 Å². The maximum Gasteiger partial charge on any atom is 0.250 e. The van der Waals surface area contributed by atoms with Crippen molar-refractivity contribution in [2.24, 2.45) is 4.99 Å². The van der Waals surface area contributed by atoms with Gasteiger partial charge in [-0.2, -0.15) is 0 Å². The maximum atomic E-state index is 11.6. The van der Waals surface area contributed by atoms with Crippen LogP contribution < -0.4 is 16.2 Å². The van der Waals surface area contributed by atoms with Crippen molar-refractivity contribution in [3.8, 4) is 0 Å². The summed E-state index contributed by atoms with van der Waals surface area (Å²) in [5, 5.41) is 6.62. The second kappa shape index (κ2) is 9.93. The molecule has 6 heteroatoms. The van der Waals surface area contributed by atoms with Crippen LogP contribution in [0.3, 0.4) is 0 Å². The molecule has 0 aromatic carbocycles. The zero-order valence-corrected chi connectivity index (χ0v) is 15.2. The summed E-state index contributed by atoms with van der Waals surface area (Å²) in [6.07, 6.45) is 3.79. The van der Waals surface area contributed by atoms with E-state index in [1.165, 1.54) is 9.75 Å². The first kappa shape index (κ1) is 18.3. The molecule has 130 valence electrons. The normalized spacial score (nSPS) is 11.5. The van der Waals surface area contributed by atoms with Crippen molar-refractivity contribution in [3.05, 3.63) is 56.6 Å². The van der Waals surface area contributed by atoms with E-state index < -0.39 is 0 Å². The highest BCUT2D eigenvalue weighted by molar-refractivity contribution is 7.11. The van der Waals surface area contributed by atoms with Gasteiger partial charge in [0.25, 0.3) is 0 Å². The van der Waals surface area contributed by atoms with Crippen LogP contribution in [0.4, 0.5) is 0 Å². The zero-order valence-electron chi connectivity index (χ0n) is 14.4. The Balaban J connectivity index is 1.73. The van der Waals surface area contributed by atoms with Crippen LogP contribution in [0, 0.1) is 6.92 Å². The summed E-state index contributed by atoms with van der Waals surface area (Å²) in [4.78, 5) is 18.8. The summed E-state index contributed by atoms with van der Waals surface area (Å²) < 4.78 is 1.75. The topological polar surface area (TPSA) is 58.4 Å². The molecular weight excluding hydrogens is 320 g/mol. The lowest BCUT2D eigenvalue weighted by atomic mass is 10.3. The number of aryl methyl sites for hydroxylation is 2. The number of aliphatic imine (C=N–C) groups is 1. The Labute approximate surface area is 147 Å². The zero-order chi connectivity index (χ0) is 17.2. The highest BCUT2D eigenvalue weighted by Crippen LogP contribution is 2.15. The Morgan fingerprint density at radius 3 is 2.79 bits per heavy atom. The molecule has 2 N–H and O–H groups in total. The molecule has 0 saturated heterocycles. The van der Waals surface area contributed by atoms with E-state index in [-0.39, 0.29) is 5.56 Å². The molecular formula is C18H26N4OS. The molecule has 0 atom stereocenters. The number of rotatable bonds is 8. The highest BCUT2D eigenvalue weighted by atomic mass is 32.1. The third-order valence-corrected chi connectivity index (χ3v) is 4.54. The quantitative estimate of drug-likeness (QED) is 0.439. The summed E-state index contributed by atoms with van der Waals surface area (Å²) in [6.45, 7) is 7.32.